The molecule has 2 rings (SSSR count). The molecule has 0 aromatic rings. The van der Waals surface area contributed by atoms with Crippen LogP contribution in [0, 0.1) is 11.3 Å². The Bertz CT molecular complexity index is 176. The van der Waals surface area contributed by atoms with Gasteiger partial charge in [0.1, 0.15) is 0 Å². The van der Waals surface area contributed by atoms with Crippen LogP contribution in [0.3, 0.4) is 0 Å². The van der Waals surface area contributed by atoms with Gasteiger partial charge in [-0.2, -0.15) is 0 Å². The zero-order valence-electron chi connectivity index (χ0n) is 9.81. The molecule has 0 aromatic carbocycles. The summed E-state index contributed by atoms with van der Waals surface area (Å²) in [4.78, 5) is 0. The fraction of sp³-hybridized carbons (Fsp3) is 1.00. The Morgan fingerprint density at radius 2 is 1.79 bits per heavy atom. The molecule has 82 valence electrons. The summed E-state index contributed by atoms with van der Waals surface area (Å²) in [6, 6.07) is 0.660. The Hall–Kier alpha value is -0.0400. The highest BCUT2D eigenvalue weighted by Gasteiger charge is 2.43. The van der Waals surface area contributed by atoms with Gasteiger partial charge in [0.2, 0.25) is 0 Å². The molecule has 2 aliphatic rings. The second-order valence-corrected chi connectivity index (χ2v) is 5.73. The van der Waals surface area contributed by atoms with E-state index in [1.165, 1.54) is 51.5 Å². The first kappa shape index (κ1) is 10.5. The molecular weight excluding hydrogens is 170 g/mol. The average molecular weight is 195 g/mol. The summed E-state index contributed by atoms with van der Waals surface area (Å²) in [7, 11) is 0. The Morgan fingerprint density at radius 3 is 2.21 bits per heavy atom. The second kappa shape index (κ2) is 4.22. The number of rotatable bonds is 4. The van der Waals surface area contributed by atoms with Crippen molar-refractivity contribution < 1.29 is 0 Å². The van der Waals surface area contributed by atoms with E-state index in [0.29, 0.717) is 11.5 Å². The van der Waals surface area contributed by atoms with Crippen molar-refractivity contribution in [2.75, 3.05) is 6.54 Å². The highest BCUT2D eigenvalue weighted by Crippen LogP contribution is 2.51. The molecule has 0 aromatic heterocycles. The molecule has 0 spiro atoms. The zero-order chi connectivity index (χ0) is 10.0. The highest BCUT2D eigenvalue weighted by atomic mass is 14.9. The van der Waals surface area contributed by atoms with Crippen LogP contribution in [-0.2, 0) is 0 Å². The standard InChI is InChI=1S/C13H25N/c1-11(2)14-10-13(8-3-4-9-13)12-6-5-7-12/h11-12,14H,3-10H2,1-2H3. The predicted octanol–water partition coefficient (Wildman–Crippen LogP) is 3.34. The number of hydrogen-bond donors (Lipinski definition) is 1. The van der Waals surface area contributed by atoms with Crippen molar-refractivity contribution in [3.63, 3.8) is 0 Å². The average Bonchev–Trinajstić information content (AvgIpc) is 2.47. The molecule has 0 amide bonds. The van der Waals surface area contributed by atoms with Crippen LogP contribution in [0.15, 0.2) is 0 Å². The summed E-state index contributed by atoms with van der Waals surface area (Å²) in [6.45, 7) is 5.82. The van der Waals surface area contributed by atoms with E-state index >= 15 is 0 Å². The third-order valence-corrected chi connectivity index (χ3v) is 4.43. The van der Waals surface area contributed by atoms with E-state index < -0.39 is 0 Å². The normalized spacial score (nSPS) is 26.8. The molecule has 0 heterocycles. The zero-order valence-corrected chi connectivity index (χ0v) is 9.81. The molecule has 2 saturated carbocycles. The van der Waals surface area contributed by atoms with Crippen molar-refractivity contribution in [3.05, 3.63) is 0 Å². The molecule has 1 N–H and O–H groups in total. The summed E-state index contributed by atoms with van der Waals surface area (Å²) in [5.41, 5.74) is 0.711. The first-order chi connectivity index (χ1) is 6.73. The number of nitrogens with one attached hydrogen (secondary N) is 1. The van der Waals surface area contributed by atoms with Gasteiger partial charge in [-0.05, 0) is 37.0 Å². The van der Waals surface area contributed by atoms with Gasteiger partial charge in [0, 0.05) is 12.6 Å². The van der Waals surface area contributed by atoms with Crippen LogP contribution in [0.4, 0.5) is 0 Å². The minimum absolute atomic E-state index is 0.660. The Balaban J connectivity index is 1.91. The van der Waals surface area contributed by atoms with E-state index in [1.54, 1.807) is 0 Å². The molecule has 1 heteroatoms. The summed E-state index contributed by atoms with van der Waals surface area (Å²) in [5, 5.41) is 3.68. The van der Waals surface area contributed by atoms with Crippen LogP contribution in [0.2, 0.25) is 0 Å². The Labute approximate surface area is 88.7 Å². The third-order valence-electron chi connectivity index (χ3n) is 4.43. The van der Waals surface area contributed by atoms with Gasteiger partial charge in [0.05, 0.1) is 0 Å². The first-order valence-corrected chi connectivity index (χ1v) is 6.46. The maximum absolute atomic E-state index is 3.68. The van der Waals surface area contributed by atoms with Crippen molar-refractivity contribution in [1.82, 2.24) is 5.32 Å². The van der Waals surface area contributed by atoms with Crippen molar-refractivity contribution in [3.8, 4) is 0 Å². The summed E-state index contributed by atoms with van der Waals surface area (Å²) < 4.78 is 0. The molecule has 1 nitrogen and oxygen atoms in total. The summed E-state index contributed by atoms with van der Waals surface area (Å²) >= 11 is 0. The molecule has 0 atom stereocenters. The predicted molar refractivity (Wildman–Crippen MR) is 61.4 cm³/mol. The smallest absolute Gasteiger partial charge is 0.00128 e. The Morgan fingerprint density at radius 1 is 1.14 bits per heavy atom. The van der Waals surface area contributed by atoms with Crippen molar-refractivity contribution in [2.24, 2.45) is 11.3 Å². The fourth-order valence-electron chi connectivity index (χ4n) is 3.24. The van der Waals surface area contributed by atoms with E-state index in [2.05, 4.69) is 19.2 Å². The van der Waals surface area contributed by atoms with Gasteiger partial charge >= 0.3 is 0 Å². The third kappa shape index (κ3) is 1.98. The van der Waals surface area contributed by atoms with Crippen LogP contribution in [-0.4, -0.2) is 12.6 Å². The van der Waals surface area contributed by atoms with Crippen LogP contribution >= 0.6 is 0 Å². The van der Waals surface area contributed by atoms with Gasteiger partial charge in [0.15, 0.2) is 0 Å². The van der Waals surface area contributed by atoms with Crippen molar-refractivity contribution in [1.29, 1.82) is 0 Å². The lowest BCUT2D eigenvalue weighted by Gasteiger charge is -2.43. The van der Waals surface area contributed by atoms with Gasteiger partial charge in [-0.15, -0.1) is 0 Å². The van der Waals surface area contributed by atoms with Crippen LogP contribution in [0.5, 0.6) is 0 Å². The van der Waals surface area contributed by atoms with Gasteiger partial charge in [-0.1, -0.05) is 33.1 Å². The maximum atomic E-state index is 3.68. The van der Waals surface area contributed by atoms with E-state index in [1.807, 2.05) is 0 Å². The number of hydrogen-bond acceptors (Lipinski definition) is 1. The molecule has 2 aliphatic carbocycles. The summed E-state index contributed by atoms with van der Waals surface area (Å²) in [6.07, 6.45) is 10.5. The minimum Gasteiger partial charge on any atom is -0.314 e. The molecule has 0 radical (unpaired) electrons. The molecule has 0 unspecified atom stereocenters. The van der Waals surface area contributed by atoms with Crippen LogP contribution in [0.1, 0.15) is 58.8 Å². The van der Waals surface area contributed by atoms with E-state index in [-0.39, 0.29) is 0 Å². The van der Waals surface area contributed by atoms with E-state index in [0.717, 1.165) is 5.92 Å². The Kier molecular flexibility index (Phi) is 3.16. The molecule has 14 heavy (non-hydrogen) atoms. The van der Waals surface area contributed by atoms with Gasteiger partial charge in [-0.3, -0.25) is 0 Å². The molecule has 2 fully saturated rings. The highest BCUT2D eigenvalue weighted by molar-refractivity contribution is 4.95. The van der Waals surface area contributed by atoms with Crippen molar-refractivity contribution >= 4 is 0 Å². The lowest BCUT2D eigenvalue weighted by atomic mass is 9.64. The van der Waals surface area contributed by atoms with E-state index in [9.17, 15) is 0 Å². The minimum atomic E-state index is 0.660. The van der Waals surface area contributed by atoms with Gasteiger partial charge in [-0.25, -0.2) is 0 Å². The van der Waals surface area contributed by atoms with Gasteiger partial charge in [0.25, 0.3) is 0 Å². The monoisotopic (exact) mass is 195 g/mol. The lowest BCUT2D eigenvalue weighted by molar-refractivity contribution is 0.0849. The summed E-state index contributed by atoms with van der Waals surface area (Å²) in [5.74, 6) is 1.07. The van der Waals surface area contributed by atoms with E-state index in [4.69, 9.17) is 0 Å². The quantitative estimate of drug-likeness (QED) is 0.725. The fourth-order valence-corrected chi connectivity index (χ4v) is 3.24. The SMILES string of the molecule is CC(C)NCC1(C2CCC2)CCCC1. The van der Waals surface area contributed by atoms with Crippen molar-refractivity contribution in [2.45, 2.75) is 64.8 Å². The van der Waals surface area contributed by atoms with Gasteiger partial charge < -0.3 is 5.32 Å². The molecule has 0 aliphatic heterocycles. The second-order valence-electron chi connectivity index (χ2n) is 5.73. The first-order valence-electron chi connectivity index (χ1n) is 6.46. The largest absolute Gasteiger partial charge is 0.314 e. The molecule has 0 saturated heterocycles. The molecule has 0 bridgehead atoms. The van der Waals surface area contributed by atoms with Crippen LogP contribution in [0.25, 0.3) is 0 Å². The molecular formula is C13H25N. The van der Waals surface area contributed by atoms with Crippen LogP contribution < -0.4 is 5.32 Å². The lowest BCUT2D eigenvalue weighted by Crippen LogP contribution is -2.43. The topological polar surface area (TPSA) is 12.0 Å². The maximum Gasteiger partial charge on any atom is 0.00128 e.